The van der Waals surface area contributed by atoms with E-state index in [2.05, 4.69) is 23.3 Å². The minimum Gasteiger partial charge on any atom is -0.469 e. The Morgan fingerprint density at radius 2 is 1.95 bits per heavy atom. The first-order valence-electron chi connectivity index (χ1n) is 7.72. The molecule has 1 aromatic rings. The highest BCUT2D eigenvalue weighted by molar-refractivity contribution is 5.72. The van der Waals surface area contributed by atoms with E-state index in [9.17, 15) is 4.79 Å². The number of rotatable bonds is 6. The number of nitrogens with zero attached hydrogens (tertiary/aromatic N) is 1. The minimum atomic E-state index is -0.183. The number of carbonyl (C=O) groups is 1. The van der Waals surface area contributed by atoms with Crippen LogP contribution in [0.15, 0.2) is 24.3 Å². The summed E-state index contributed by atoms with van der Waals surface area (Å²) in [6, 6.07) is 8.08. The molecule has 0 atom stereocenters. The number of esters is 1. The van der Waals surface area contributed by atoms with Crippen molar-refractivity contribution in [3.05, 3.63) is 35.4 Å². The van der Waals surface area contributed by atoms with Gasteiger partial charge in [-0.3, -0.25) is 4.79 Å². The number of likely N-dealkylation sites (tertiary alicyclic amines) is 1. The largest absolute Gasteiger partial charge is 0.469 e. The first-order chi connectivity index (χ1) is 10.2. The number of carbonyl (C=O) groups excluding carboxylic acids is 1. The van der Waals surface area contributed by atoms with Crippen molar-refractivity contribution in [1.82, 2.24) is 10.2 Å². The summed E-state index contributed by atoms with van der Waals surface area (Å²) in [4.78, 5) is 13.8. The van der Waals surface area contributed by atoms with Gasteiger partial charge in [0, 0.05) is 6.54 Å². The Balaban J connectivity index is 1.81. The third-order valence-corrected chi connectivity index (χ3v) is 4.27. The predicted octanol–water partition coefficient (Wildman–Crippen LogP) is 1.83. The summed E-state index contributed by atoms with van der Waals surface area (Å²) in [7, 11) is 3.62. The molecular weight excluding hydrogens is 264 g/mol. The molecule has 0 radical (unpaired) electrons. The van der Waals surface area contributed by atoms with Gasteiger partial charge in [0.2, 0.25) is 0 Å². The van der Waals surface area contributed by atoms with Crippen LogP contribution in [0.1, 0.15) is 24.0 Å². The van der Waals surface area contributed by atoms with Crippen LogP contribution in [0.2, 0.25) is 0 Å². The predicted molar refractivity (Wildman–Crippen MR) is 84.1 cm³/mol. The fourth-order valence-electron chi connectivity index (χ4n) is 2.81. The van der Waals surface area contributed by atoms with Gasteiger partial charge in [0.05, 0.1) is 13.5 Å². The average Bonchev–Trinajstić information content (AvgIpc) is 2.51. The molecular formula is C17H26N2O2. The van der Waals surface area contributed by atoms with Crippen LogP contribution in [-0.4, -0.2) is 44.7 Å². The van der Waals surface area contributed by atoms with E-state index in [1.165, 1.54) is 38.6 Å². The second-order valence-corrected chi connectivity index (χ2v) is 5.90. The maximum atomic E-state index is 11.4. The molecule has 1 heterocycles. The van der Waals surface area contributed by atoms with Crippen molar-refractivity contribution in [3.8, 4) is 0 Å². The Hall–Kier alpha value is -1.39. The molecule has 1 N–H and O–H groups in total. The molecule has 4 heteroatoms. The molecule has 0 aliphatic carbocycles. The van der Waals surface area contributed by atoms with Crippen molar-refractivity contribution in [2.24, 2.45) is 5.92 Å². The summed E-state index contributed by atoms with van der Waals surface area (Å²) in [6.45, 7) is 4.27. The number of benzene rings is 1. The van der Waals surface area contributed by atoms with Gasteiger partial charge in [-0.25, -0.2) is 0 Å². The molecule has 0 bridgehead atoms. The molecule has 21 heavy (non-hydrogen) atoms. The van der Waals surface area contributed by atoms with E-state index in [1.54, 1.807) is 0 Å². The average molecular weight is 290 g/mol. The normalized spacial score (nSPS) is 16.9. The van der Waals surface area contributed by atoms with Crippen molar-refractivity contribution in [2.75, 3.05) is 33.8 Å². The van der Waals surface area contributed by atoms with Gasteiger partial charge in [0.25, 0.3) is 0 Å². The second kappa shape index (κ2) is 8.15. The Labute approximate surface area is 127 Å². The smallest absolute Gasteiger partial charge is 0.309 e. The molecule has 1 saturated heterocycles. The SMILES string of the molecule is COC(=O)Cc1ccccc1CNCC1CCN(C)CC1. The maximum Gasteiger partial charge on any atom is 0.309 e. The molecule has 2 rings (SSSR count). The molecule has 0 saturated carbocycles. The third kappa shape index (κ3) is 5.14. The van der Waals surface area contributed by atoms with E-state index in [0.717, 1.165) is 24.6 Å². The van der Waals surface area contributed by atoms with Crippen molar-refractivity contribution < 1.29 is 9.53 Å². The Morgan fingerprint density at radius 1 is 1.29 bits per heavy atom. The van der Waals surface area contributed by atoms with Gasteiger partial charge in [-0.15, -0.1) is 0 Å². The summed E-state index contributed by atoms with van der Waals surface area (Å²) in [5.74, 6) is 0.590. The zero-order valence-electron chi connectivity index (χ0n) is 13.1. The number of piperidine rings is 1. The van der Waals surface area contributed by atoms with Gasteiger partial charge in [-0.1, -0.05) is 24.3 Å². The third-order valence-electron chi connectivity index (χ3n) is 4.27. The molecule has 116 valence electrons. The molecule has 4 nitrogen and oxygen atoms in total. The van der Waals surface area contributed by atoms with E-state index in [-0.39, 0.29) is 5.97 Å². The lowest BCUT2D eigenvalue weighted by atomic mass is 9.97. The number of hydrogen-bond acceptors (Lipinski definition) is 4. The van der Waals surface area contributed by atoms with Crippen molar-refractivity contribution in [3.63, 3.8) is 0 Å². The second-order valence-electron chi connectivity index (χ2n) is 5.90. The van der Waals surface area contributed by atoms with E-state index in [1.807, 2.05) is 18.2 Å². The zero-order chi connectivity index (χ0) is 15.1. The fraction of sp³-hybridized carbons (Fsp3) is 0.588. The van der Waals surface area contributed by atoms with Crippen LogP contribution in [-0.2, 0) is 22.5 Å². The molecule has 0 unspecified atom stereocenters. The standard InChI is InChI=1S/C17H26N2O2/c1-19-9-7-14(8-10-19)12-18-13-16-6-4-3-5-15(16)11-17(20)21-2/h3-6,14,18H,7-13H2,1-2H3. The van der Waals surface area contributed by atoms with Crippen LogP contribution in [0.5, 0.6) is 0 Å². The van der Waals surface area contributed by atoms with Crippen LogP contribution in [0.25, 0.3) is 0 Å². The van der Waals surface area contributed by atoms with E-state index >= 15 is 0 Å². The number of hydrogen-bond donors (Lipinski definition) is 1. The quantitative estimate of drug-likeness (QED) is 0.812. The Kier molecular flexibility index (Phi) is 6.21. The maximum absolute atomic E-state index is 11.4. The first-order valence-corrected chi connectivity index (χ1v) is 7.72. The highest BCUT2D eigenvalue weighted by atomic mass is 16.5. The summed E-state index contributed by atoms with van der Waals surface area (Å²) in [5, 5.41) is 3.55. The van der Waals surface area contributed by atoms with E-state index < -0.39 is 0 Å². The monoisotopic (exact) mass is 290 g/mol. The molecule has 0 aromatic heterocycles. The van der Waals surface area contributed by atoms with Crippen LogP contribution < -0.4 is 5.32 Å². The molecule has 1 aromatic carbocycles. The topological polar surface area (TPSA) is 41.6 Å². The first kappa shape index (κ1) is 16.0. The molecule has 1 fully saturated rings. The van der Waals surface area contributed by atoms with Crippen LogP contribution in [0.4, 0.5) is 0 Å². The van der Waals surface area contributed by atoms with Gasteiger partial charge in [-0.2, -0.15) is 0 Å². The summed E-state index contributed by atoms with van der Waals surface area (Å²) < 4.78 is 4.75. The molecule has 1 aliphatic heterocycles. The van der Waals surface area contributed by atoms with Crippen molar-refractivity contribution in [1.29, 1.82) is 0 Å². The fourth-order valence-corrected chi connectivity index (χ4v) is 2.81. The minimum absolute atomic E-state index is 0.183. The van der Waals surface area contributed by atoms with Crippen molar-refractivity contribution in [2.45, 2.75) is 25.8 Å². The number of ether oxygens (including phenoxy) is 1. The molecule has 1 aliphatic rings. The van der Waals surface area contributed by atoms with Gasteiger partial charge < -0.3 is 15.0 Å². The summed E-state index contributed by atoms with van der Waals surface area (Å²) >= 11 is 0. The molecule has 0 amide bonds. The van der Waals surface area contributed by atoms with E-state index in [4.69, 9.17) is 4.74 Å². The highest BCUT2D eigenvalue weighted by Crippen LogP contribution is 2.15. The van der Waals surface area contributed by atoms with Crippen LogP contribution >= 0.6 is 0 Å². The van der Waals surface area contributed by atoms with Gasteiger partial charge in [0.15, 0.2) is 0 Å². The van der Waals surface area contributed by atoms with Gasteiger partial charge in [0.1, 0.15) is 0 Å². The summed E-state index contributed by atoms with van der Waals surface area (Å²) in [5.41, 5.74) is 2.25. The summed E-state index contributed by atoms with van der Waals surface area (Å²) in [6.07, 6.45) is 2.89. The number of nitrogens with one attached hydrogen (secondary N) is 1. The van der Waals surface area contributed by atoms with Gasteiger partial charge >= 0.3 is 5.97 Å². The zero-order valence-corrected chi connectivity index (χ0v) is 13.1. The van der Waals surface area contributed by atoms with Crippen LogP contribution in [0, 0.1) is 5.92 Å². The van der Waals surface area contributed by atoms with Gasteiger partial charge in [-0.05, 0) is 56.6 Å². The van der Waals surface area contributed by atoms with E-state index in [0.29, 0.717) is 6.42 Å². The highest BCUT2D eigenvalue weighted by Gasteiger charge is 2.16. The Morgan fingerprint density at radius 3 is 2.62 bits per heavy atom. The molecule has 0 spiro atoms. The lowest BCUT2D eigenvalue weighted by Gasteiger charge is -2.29. The Bertz CT molecular complexity index is 454. The lowest BCUT2D eigenvalue weighted by molar-refractivity contribution is -0.139. The van der Waals surface area contributed by atoms with Crippen molar-refractivity contribution >= 4 is 5.97 Å². The van der Waals surface area contributed by atoms with Crippen LogP contribution in [0.3, 0.4) is 0 Å². The number of methoxy groups -OCH3 is 1. The lowest BCUT2D eigenvalue weighted by Crippen LogP contribution is -2.34.